The van der Waals surface area contributed by atoms with Gasteiger partial charge in [0.2, 0.25) is 0 Å². The maximum absolute atomic E-state index is 10.8. The summed E-state index contributed by atoms with van der Waals surface area (Å²) in [6.45, 7) is 0. The highest BCUT2D eigenvalue weighted by atomic mass is 35.5. The van der Waals surface area contributed by atoms with Crippen molar-refractivity contribution in [2.75, 3.05) is 0 Å². The number of H-pyrrole nitrogens is 1. The van der Waals surface area contributed by atoms with E-state index in [1.807, 2.05) is 0 Å². The van der Waals surface area contributed by atoms with Gasteiger partial charge in [-0.15, -0.1) is 0 Å². The molecule has 12 heavy (non-hydrogen) atoms. The standard InChI is InChI=1S/C7H4ClN3O/c8-7-6-4(1-2-9-7)10-3-5(12)11-6/h1-3H,(H,11,12). The number of fused-ring (bicyclic) bond motifs is 1. The second kappa shape index (κ2) is 2.57. The van der Waals surface area contributed by atoms with Gasteiger partial charge in [0.05, 0.1) is 11.7 Å². The molecule has 5 heteroatoms. The van der Waals surface area contributed by atoms with E-state index in [-0.39, 0.29) is 10.7 Å². The molecule has 60 valence electrons. The van der Waals surface area contributed by atoms with Gasteiger partial charge in [0.1, 0.15) is 5.52 Å². The zero-order valence-corrected chi connectivity index (χ0v) is 6.67. The van der Waals surface area contributed by atoms with E-state index in [9.17, 15) is 4.79 Å². The molecule has 0 saturated heterocycles. The van der Waals surface area contributed by atoms with Crippen LogP contribution in [0.3, 0.4) is 0 Å². The lowest BCUT2D eigenvalue weighted by Crippen LogP contribution is -2.05. The summed E-state index contributed by atoms with van der Waals surface area (Å²) < 4.78 is 0. The van der Waals surface area contributed by atoms with Crippen molar-refractivity contribution < 1.29 is 0 Å². The lowest BCUT2D eigenvalue weighted by molar-refractivity contribution is 1.19. The van der Waals surface area contributed by atoms with Gasteiger partial charge >= 0.3 is 0 Å². The van der Waals surface area contributed by atoms with Gasteiger partial charge in [0.15, 0.2) is 5.15 Å². The van der Waals surface area contributed by atoms with Crippen LogP contribution in [0, 0.1) is 0 Å². The van der Waals surface area contributed by atoms with Crippen LogP contribution in [0.1, 0.15) is 0 Å². The third-order valence-electron chi connectivity index (χ3n) is 1.45. The zero-order chi connectivity index (χ0) is 8.55. The molecule has 2 aromatic rings. The molecule has 0 unspecified atom stereocenters. The van der Waals surface area contributed by atoms with Crippen LogP contribution in [0.4, 0.5) is 0 Å². The summed E-state index contributed by atoms with van der Waals surface area (Å²) in [5, 5.41) is 0.262. The number of rotatable bonds is 0. The quantitative estimate of drug-likeness (QED) is 0.617. The van der Waals surface area contributed by atoms with E-state index in [1.165, 1.54) is 12.4 Å². The lowest BCUT2D eigenvalue weighted by Gasteiger charge is -1.95. The fourth-order valence-corrected chi connectivity index (χ4v) is 1.13. The topological polar surface area (TPSA) is 58.6 Å². The average molecular weight is 182 g/mol. The number of pyridine rings is 1. The van der Waals surface area contributed by atoms with E-state index in [0.717, 1.165) is 0 Å². The monoisotopic (exact) mass is 181 g/mol. The molecule has 0 atom stereocenters. The average Bonchev–Trinajstić information content (AvgIpc) is 2.07. The molecule has 4 nitrogen and oxygen atoms in total. The Hall–Kier alpha value is -1.42. The summed E-state index contributed by atoms with van der Waals surface area (Å²) in [5.74, 6) is 0. The molecule has 0 fully saturated rings. The van der Waals surface area contributed by atoms with Crippen molar-refractivity contribution in [2.45, 2.75) is 0 Å². The van der Waals surface area contributed by atoms with Crippen LogP contribution in [0.15, 0.2) is 23.3 Å². The van der Waals surface area contributed by atoms with Crippen molar-refractivity contribution in [1.82, 2.24) is 15.0 Å². The molecular weight excluding hydrogens is 178 g/mol. The summed E-state index contributed by atoms with van der Waals surface area (Å²) in [4.78, 5) is 21.1. The Bertz CT molecular complexity index is 479. The van der Waals surface area contributed by atoms with Gasteiger partial charge in [-0.05, 0) is 6.07 Å². The lowest BCUT2D eigenvalue weighted by atomic mass is 10.4. The molecule has 2 aromatic heterocycles. The number of halogens is 1. The molecule has 0 aromatic carbocycles. The van der Waals surface area contributed by atoms with Crippen molar-refractivity contribution in [1.29, 1.82) is 0 Å². The summed E-state index contributed by atoms with van der Waals surface area (Å²) in [6, 6.07) is 1.68. The molecule has 0 aliphatic carbocycles. The van der Waals surface area contributed by atoms with Crippen LogP contribution in [-0.2, 0) is 0 Å². The Morgan fingerprint density at radius 3 is 3.08 bits per heavy atom. The van der Waals surface area contributed by atoms with Crippen LogP contribution < -0.4 is 5.56 Å². The molecule has 0 spiro atoms. The maximum Gasteiger partial charge on any atom is 0.266 e. The molecule has 1 N–H and O–H groups in total. The van der Waals surface area contributed by atoms with Gasteiger partial charge in [-0.1, -0.05) is 11.6 Å². The molecule has 0 aliphatic heterocycles. The fourth-order valence-electron chi connectivity index (χ4n) is 0.934. The first kappa shape index (κ1) is 7.24. The molecule has 0 bridgehead atoms. The Morgan fingerprint density at radius 2 is 2.25 bits per heavy atom. The summed E-state index contributed by atoms with van der Waals surface area (Å²) in [5.41, 5.74) is 0.832. The molecule has 0 radical (unpaired) electrons. The normalized spacial score (nSPS) is 10.4. The first-order valence-corrected chi connectivity index (χ1v) is 3.65. The van der Waals surface area contributed by atoms with E-state index < -0.39 is 0 Å². The van der Waals surface area contributed by atoms with Crippen molar-refractivity contribution in [3.63, 3.8) is 0 Å². The molecule has 0 amide bonds. The van der Waals surface area contributed by atoms with Crippen molar-refractivity contribution in [3.05, 3.63) is 34.0 Å². The highest BCUT2D eigenvalue weighted by Gasteiger charge is 1.99. The predicted molar refractivity (Wildman–Crippen MR) is 45.2 cm³/mol. The first-order valence-electron chi connectivity index (χ1n) is 3.27. The largest absolute Gasteiger partial charge is 0.317 e. The summed E-state index contributed by atoms with van der Waals surface area (Å²) in [6.07, 6.45) is 2.74. The van der Waals surface area contributed by atoms with Gasteiger partial charge in [-0.3, -0.25) is 4.79 Å². The highest BCUT2D eigenvalue weighted by molar-refractivity contribution is 6.33. The van der Waals surface area contributed by atoms with E-state index in [4.69, 9.17) is 11.6 Å². The molecule has 2 rings (SSSR count). The summed E-state index contributed by atoms with van der Waals surface area (Å²) in [7, 11) is 0. The molecular formula is C7H4ClN3O. The van der Waals surface area contributed by atoms with Gasteiger partial charge in [-0.25, -0.2) is 9.97 Å². The molecule has 2 heterocycles. The Morgan fingerprint density at radius 1 is 1.42 bits per heavy atom. The van der Waals surface area contributed by atoms with Gasteiger partial charge in [0, 0.05) is 6.20 Å². The number of aromatic nitrogens is 3. The third kappa shape index (κ3) is 1.06. The maximum atomic E-state index is 10.8. The van der Waals surface area contributed by atoms with Crippen LogP contribution >= 0.6 is 11.6 Å². The van der Waals surface area contributed by atoms with Crippen LogP contribution in [0.5, 0.6) is 0 Å². The number of hydrogen-bond donors (Lipinski definition) is 1. The first-order chi connectivity index (χ1) is 5.77. The Kier molecular flexibility index (Phi) is 1.55. The third-order valence-corrected chi connectivity index (χ3v) is 1.74. The predicted octanol–water partition coefficient (Wildman–Crippen LogP) is 0.971. The number of nitrogens with zero attached hydrogens (tertiary/aromatic N) is 2. The second-order valence-corrected chi connectivity index (χ2v) is 2.60. The minimum absolute atomic E-state index is 0.262. The zero-order valence-electron chi connectivity index (χ0n) is 5.91. The van der Waals surface area contributed by atoms with E-state index in [0.29, 0.717) is 11.0 Å². The number of aromatic amines is 1. The number of nitrogens with one attached hydrogen (secondary N) is 1. The van der Waals surface area contributed by atoms with Crippen molar-refractivity contribution in [3.8, 4) is 0 Å². The minimum Gasteiger partial charge on any atom is -0.317 e. The molecule has 0 aliphatic rings. The number of hydrogen-bond acceptors (Lipinski definition) is 3. The van der Waals surface area contributed by atoms with Crippen molar-refractivity contribution in [2.24, 2.45) is 0 Å². The van der Waals surface area contributed by atoms with Crippen molar-refractivity contribution >= 4 is 22.6 Å². The van der Waals surface area contributed by atoms with E-state index in [1.54, 1.807) is 6.07 Å². The molecule has 0 saturated carbocycles. The summed E-state index contributed by atoms with van der Waals surface area (Å²) >= 11 is 5.71. The second-order valence-electron chi connectivity index (χ2n) is 2.24. The Labute approximate surface area is 72.2 Å². The van der Waals surface area contributed by atoms with Gasteiger partial charge in [-0.2, -0.15) is 0 Å². The van der Waals surface area contributed by atoms with Crippen LogP contribution in [0.2, 0.25) is 5.15 Å². The van der Waals surface area contributed by atoms with Gasteiger partial charge in [0.25, 0.3) is 5.56 Å². The van der Waals surface area contributed by atoms with Crippen LogP contribution in [0.25, 0.3) is 11.0 Å². The van der Waals surface area contributed by atoms with Gasteiger partial charge < -0.3 is 4.98 Å². The smallest absolute Gasteiger partial charge is 0.266 e. The van der Waals surface area contributed by atoms with Crippen LogP contribution in [-0.4, -0.2) is 15.0 Å². The van der Waals surface area contributed by atoms with E-state index >= 15 is 0 Å². The highest BCUT2D eigenvalue weighted by Crippen LogP contribution is 2.13. The SMILES string of the molecule is O=c1cnc2ccnc(Cl)c2[nH]1. The Balaban J connectivity index is 2.97. The minimum atomic E-state index is -0.280. The fraction of sp³-hybridized carbons (Fsp3) is 0. The van der Waals surface area contributed by atoms with E-state index in [2.05, 4.69) is 15.0 Å².